The van der Waals surface area contributed by atoms with Crippen molar-refractivity contribution in [1.82, 2.24) is 14.8 Å². The molecule has 2 aliphatic heterocycles. The van der Waals surface area contributed by atoms with Crippen LogP contribution in [0.1, 0.15) is 31.7 Å². The maximum Gasteiger partial charge on any atom is 0.140 e. The summed E-state index contributed by atoms with van der Waals surface area (Å²) in [5.41, 5.74) is 3.90. The Bertz CT molecular complexity index is 450. The van der Waals surface area contributed by atoms with Gasteiger partial charge in [-0.3, -0.25) is 9.80 Å². The number of hydrazine groups is 1. The van der Waals surface area contributed by atoms with Crippen molar-refractivity contribution in [2.24, 2.45) is 5.84 Å². The number of nitrogen functional groups attached to an aromatic ring is 1. The first kappa shape index (κ1) is 13.8. The third kappa shape index (κ3) is 2.95. The summed E-state index contributed by atoms with van der Waals surface area (Å²) in [4.78, 5) is 9.46. The average molecular weight is 275 g/mol. The zero-order chi connectivity index (χ0) is 13.9. The molecule has 0 bridgehead atoms. The minimum atomic E-state index is 0.617. The smallest absolute Gasteiger partial charge is 0.140 e. The highest BCUT2D eigenvalue weighted by molar-refractivity contribution is 5.35. The van der Waals surface area contributed by atoms with Crippen LogP contribution in [0.2, 0.25) is 0 Å². The molecule has 5 nitrogen and oxygen atoms in total. The fourth-order valence-electron chi connectivity index (χ4n) is 3.52. The molecule has 3 N–H and O–H groups in total. The Morgan fingerprint density at radius 3 is 3.15 bits per heavy atom. The second-order valence-corrected chi connectivity index (χ2v) is 6.12. The maximum atomic E-state index is 5.43. The molecule has 2 fully saturated rings. The van der Waals surface area contributed by atoms with E-state index in [0.717, 1.165) is 18.4 Å². The number of rotatable bonds is 3. The SMILES string of the molecule is CC1CN2CCCCC2CN1Cc1ccnc(NN)c1. The Labute approximate surface area is 121 Å². The summed E-state index contributed by atoms with van der Waals surface area (Å²) in [5, 5.41) is 0. The van der Waals surface area contributed by atoms with Gasteiger partial charge >= 0.3 is 0 Å². The third-order valence-corrected chi connectivity index (χ3v) is 4.67. The highest BCUT2D eigenvalue weighted by atomic mass is 15.3. The molecule has 0 amide bonds. The Kier molecular flexibility index (Phi) is 4.19. The van der Waals surface area contributed by atoms with Gasteiger partial charge in [0, 0.05) is 37.9 Å². The van der Waals surface area contributed by atoms with Crippen LogP contribution in [0.3, 0.4) is 0 Å². The van der Waals surface area contributed by atoms with Crippen molar-refractivity contribution in [3.8, 4) is 0 Å². The van der Waals surface area contributed by atoms with Crippen LogP contribution in [0.5, 0.6) is 0 Å². The second-order valence-electron chi connectivity index (χ2n) is 6.12. The van der Waals surface area contributed by atoms with Gasteiger partial charge in [0.25, 0.3) is 0 Å². The Hall–Kier alpha value is -1.17. The predicted molar refractivity (Wildman–Crippen MR) is 81.1 cm³/mol. The van der Waals surface area contributed by atoms with Gasteiger partial charge in [0.05, 0.1) is 0 Å². The summed E-state index contributed by atoms with van der Waals surface area (Å²) in [6.07, 6.45) is 5.94. The number of fused-ring (bicyclic) bond motifs is 1. The van der Waals surface area contributed by atoms with Crippen LogP contribution in [0.25, 0.3) is 0 Å². The fourth-order valence-corrected chi connectivity index (χ4v) is 3.52. The standard InChI is InChI=1S/C15H25N5/c1-12-9-19-7-3-2-4-14(19)11-20(12)10-13-5-6-17-15(8-13)18-16/h5-6,8,12,14H,2-4,7,9-11,16H2,1H3,(H,17,18). The highest BCUT2D eigenvalue weighted by Gasteiger charge is 2.32. The first-order chi connectivity index (χ1) is 9.76. The van der Waals surface area contributed by atoms with E-state index in [0.29, 0.717) is 6.04 Å². The molecule has 3 rings (SSSR count). The topological polar surface area (TPSA) is 57.4 Å². The summed E-state index contributed by atoms with van der Waals surface area (Å²) in [6.45, 7) is 7.02. The number of hydrogen-bond donors (Lipinski definition) is 2. The molecule has 5 heteroatoms. The number of hydrogen-bond acceptors (Lipinski definition) is 5. The zero-order valence-electron chi connectivity index (χ0n) is 12.3. The van der Waals surface area contributed by atoms with E-state index in [2.05, 4.69) is 33.2 Å². The summed E-state index contributed by atoms with van der Waals surface area (Å²) < 4.78 is 0. The Morgan fingerprint density at radius 1 is 1.40 bits per heavy atom. The van der Waals surface area contributed by atoms with Gasteiger partial charge in [0.2, 0.25) is 0 Å². The van der Waals surface area contributed by atoms with Crippen LogP contribution in [0, 0.1) is 0 Å². The monoisotopic (exact) mass is 275 g/mol. The number of pyridine rings is 1. The molecular weight excluding hydrogens is 250 g/mol. The molecule has 0 spiro atoms. The molecule has 2 atom stereocenters. The number of anilines is 1. The summed E-state index contributed by atoms with van der Waals surface area (Å²) in [6, 6.07) is 5.50. The summed E-state index contributed by atoms with van der Waals surface area (Å²) in [5.74, 6) is 6.18. The number of aromatic nitrogens is 1. The van der Waals surface area contributed by atoms with Crippen molar-refractivity contribution >= 4 is 5.82 Å². The number of piperazine rings is 1. The summed E-state index contributed by atoms with van der Waals surface area (Å²) in [7, 11) is 0. The highest BCUT2D eigenvalue weighted by Crippen LogP contribution is 2.25. The van der Waals surface area contributed by atoms with E-state index >= 15 is 0 Å². The van der Waals surface area contributed by atoms with Crippen LogP contribution in [-0.4, -0.2) is 46.5 Å². The van der Waals surface area contributed by atoms with E-state index in [-0.39, 0.29) is 0 Å². The predicted octanol–water partition coefficient (Wildman–Crippen LogP) is 1.43. The van der Waals surface area contributed by atoms with Crippen LogP contribution in [0.4, 0.5) is 5.82 Å². The third-order valence-electron chi connectivity index (χ3n) is 4.67. The quantitative estimate of drug-likeness (QED) is 0.645. The van der Waals surface area contributed by atoms with E-state index < -0.39 is 0 Å². The summed E-state index contributed by atoms with van der Waals surface area (Å²) >= 11 is 0. The molecular formula is C15H25N5. The van der Waals surface area contributed by atoms with Gasteiger partial charge in [0.1, 0.15) is 5.82 Å². The van der Waals surface area contributed by atoms with Crippen molar-refractivity contribution in [2.45, 2.75) is 44.8 Å². The van der Waals surface area contributed by atoms with Crippen LogP contribution in [-0.2, 0) is 6.54 Å². The lowest BCUT2D eigenvalue weighted by Crippen LogP contribution is -2.58. The second kappa shape index (κ2) is 6.08. The molecule has 3 heterocycles. The fraction of sp³-hybridized carbons (Fsp3) is 0.667. The Morgan fingerprint density at radius 2 is 2.30 bits per heavy atom. The van der Waals surface area contributed by atoms with Gasteiger partial charge in [-0.1, -0.05) is 6.42 Å². The van der Waals surface area contributed by atoms with E-state index in [1.54, 1.807) is 0 Å². The first-order valence-electron chi connectivity index (χ1n) is 7.66. The van der Waals surface area contributed by atoms with E-state index in [9.17, 15) is 0 Å². The van der Waals surface area contributed by atoms with Gasteiger partial charge in [-0.2, -0.15) is 0 Å². The molecule has 110 valence electrons. The molecule has 1 aromatic heterocycles. The molecule has 0 aliphatic carbocycles. The van der Waals surface area contributed by atoms with Gasteiger partial charge in [-0.05, 0) is 44.0 Å². The zero-order valence-corrected chi connectivity index (χ0v) is 12.3. The molecule has 2 saturated heterocycles. The van der Waals surface area contributed by atoms with Gasteiger partial charge in [-0.25, -0.2) is 10.8 Å². The van der Waals surface area contributed by atoms with Crippen molar-refractivity contribution in [1.29, 1.82) is 0 Å². The molecule has 1 aromatic rings. The van der Waals surface area contributed by atoms with Crippen LogP contribution in [0.15, 0.2) is 18.3 Å². The van der Waals surface area contributed by atoms with Crippen molar-refractivity contribution in [3.63, 3.8) is 0 Å². The number of piperidine rings is 1. The van der Waals surface area contributed by atoms with Crippen molar-refractivity contribution < 1.29 is 0 Å². The van der Waals surface area contributed by atoms with E-state index in [4.69, 9.17) is 5.84 Å². The van der Waals surface area contributed by atoms with Crippen molar-refractivity contribution in [2.75, 3.05) is 25.1 Å². The van der Waals surface area contributed by atoms with E-state index in [1.165, 1.54) is 44.5 Å². The largest absolute Gasteiger partial charge is 0.308 e. The molecule has 0 saturated carbocycles. The molecule has 0 radical (unpaired) electrons. The van der Waals surface area contributed by atoms with Gasteiger partial charge in [0.15, 0.2) is 0 Å². The lowest BCUT2D eigenvalue weighted by atomic mass is 9.97. The minimum absolute atomic E-state index is 0.617. The maximum absolute atomic E-state index is 5.43. The molecule has 2 unspecified atom stereocenters. The van der Waals surface area contributed by atoms with Crippen LogP contribution < -0.4 is 11.3 Å². The van der Waals surface area contributed by atoms with Gasteiger partial charge < -0.3 is 5.43 Å². The number of nitrogens with two attached hydrogens (primary N) is 1. The lowest BCUT2D eigenvalue weighted by molar-refractivity contribution is 0.0111. The number of nitrogens with zero attached hydrogens (tertiary/aromatic N) is 3. The van der Waals surface area contributed by atoms with Crippen molar-refractivity contribution in [3.05, 3.63) is 23.9 Å². The average Bonchev–Trinajstić information content (AvgIpc) is 2.48. The molecule has 2 aliphatic rings. The normalized spacial score (nSPS) is 28.1. The Balaban J connectivity index is 1.67. The molecule has 0 aromatic carbocycles. The van der Waals surface area contributed by atoms with Crippen LogP contribution >= 0.6 is 0 Å². The first-order valence-corrected chi connectivity index (χ1v) is 7.66. The van der Waals surface area contributed by atoms with E-state index in [1.807, 2.05) is 12.3 Å². The number of nitrogens with one attached hydrogen (secondary N) is 1. The molecule has 20 heavy (non-hydrogen) atoms. The van der Waals surface area contributed by atoms with Gasteiger partial charge in [-0.15, -0.1) is 0 Å². The lowest BCUT2D eigenvalue weighted by Gasteiger charge is -2.47. The minimum Gasteiger partial charge on any atom is -0.308 e.